The topological polar surface area (TPSA) is 78.3 Å². The number of allylic oxidation sites excluding steroid dienone is 1. The largest absolute Gasteiger partial charge is 0.494 e. The van der Waals surface area contributed by atoms with Gasteiger partial charge in [-0.3, -0.25) is 0 Å². The molecule has 1 aromatic heterocycles. The molecule has 0 radical (unpaired) electrons. The summed E-state index contributed by atoms with van der Waals surface area (Å²) in [6.45, 7) is 6.95. The normalized spacial score (nSPS) is 15.3. The van der Waals surface area contributed by atoms with Crippen LogP contribution in [0.1, 0.15) is 70.9 Å². The number of nitrogens with zero attached hydrogens (tertiary/aromatic N) is 3. The lowest BCUT2D eigenvalue weighted by atomic mass is 9.96. The van der Waals surface area contributed by atoms with Gasteiger partial charge in [-0.25, -0.2) is 9.48 Å². The number of anilines is 1. The van der Waals surface area contributed by atoms with Gasteiger partial charge in [0.05, 0.1) is 19.3 Å². The molecule has 1 aliphatic heterocycles. The van der Waals surface area contributed by atoms with E-state index in [2.05, 4.69) is 24.1 Å². The van der Waals surface area contributed by atoms with Gasteiger partial charge in [0.25, 0.3) is 0 Å². The molecule has 2 heterocycles. The quantitative estimate of drug-likeness (QED) is 0.252. The number of benzene rings is 1. The first-order valence-corrected chi connectivity index (χ1v) is 12.5. The van der Waals surface area contributed by atoms with E-state index in [1.54, 1.807) is 16.4 Å². The summed E-state index contributed by atoms with van der Waals surface area (Å²) in [5.74, 6) is 2.05. The molecule has 2 aromatic rings. The summed E-state index contributed by atoms with van der Waals surface area (Å²) >= 11 is 1.63. The van der Waals surface area contributed by atoms with E-state index in [-0.39, 0.29) is 5.97 Å². The summed E-state index contributed by atoms with van der Waals surface area (Å²) in [7, 11) is 1.40. The number of rotatable bonds is 12. The minimum absolute atomic E-state index is 0.377. The SMILES string of the molecule is CCCCCCOc1ccc(C2C(C(=O)OC)=C(C)Nc3nc(SCCCC)nn32)cc1. The number of carbonyl (C=O) groups is 1. The molecule has 174 valence electrons. The summed E-state index contributed by atoms with van der Waals surface area (Å²) < 4.78 is 12.8. The van der Waals surface area contributed by atoms with E-state index >= 15 is 0 Å². The zero-order chi connectivity index (χ0) is 22.9. The van der Waals surface area contributed by atoms with Gasteiger partial charge in [-0.05, 0) is 37.5 Å². The number of hydrogen-bond donors (Lipinski definition) is 1. The Morgan fingerprint density at radius 3 is 2.56 bits per heavy atom. The minimum atomic E-state index is -0.412. The van der Waals surface area contributed by atoms with Crippen LogP contribution in [0.3, 0.4) is 0 Å². The van der Waals surface area contributed by atoms with Crippen LogP contribution in [0.5, 0.6) is 5.75 Å². The molecule has 7 nitrogen and oxygen atoms in total. The third kappa shape index (κ3) is 5.85. The second kappa shape index (κ2) is 11.9. The average Bonchev–Trinajstić information content (AvgIpc) is 3.20. The molecule has 1 aromatic carbocycles. The maximum atomic E-state index is 12.7. The highest BCUT2D eigenvalue weighted by atomic mass is 32.2. The van der Waals surface area contributed by atoms with Crippen molar-refractivity contribution in [2.24, 2.45) is 0 Å². The highest BCUT2D eigenvalue weighted by Crippen LogP contribution is 2.37. The number of esters is 1. The van der Waals surface area contributed by atoms with Crippen LogP contribution in [0.4, 0.5) is 5.95 Å². The van der Waals surface area contributed by atoms with E-state index in [0.717, 1.165) is 42.0 Å². The van der Waals surface area contributed by atoms with Crippen molar-refractivity contribution in [1.29, 1.82) is 0 Å². The fraction of sp³-hybridized carbons (Fsp3) is 0.542. The van der Waals surface area contributed by atoms with Crippen LogP contribution in [-0.2, 0) is 9.53 Å². The molecule has 0 spiro atoms. The van der Waals surface area contributed by atoms with Crippen LogP contribution >= 0.6 is 11.8 Å². The predicted octanol–water partition coefficient (Wildman–Crippen LogP) is 5.59. The molecule has 1 unspecified atom stereocenters. The summed E-state index contributed by atoms with van der Waals surface area (Å²) in [6, 6.07) is 7.47. The lowest BCUT2D eigenvalue weighted by molar-refractivity contribution is -0.136. The maximum absolute atomic E-state index is 12.7. The number of unbranched alkanes of at least 4 members (excludes halogenated alkanes) is 4. The van der Waals surface area contributed by atoms with Gasteiger partial charge in [-0.2, -0.15) is 4.98 Å². The Hall–Kier alpha value is -2.48. The smallest absolute Gasteiger partial charge is 0.338 e. The molecule has 0 aliphatic carbocycles. The van der Waals surface area contributed by atoms with Crippen molar-refractivity contribution in [3.63, 3.8) is 0 Å². The van der Waals surface area contributed by atoms with Crippen molar-refractivity contribution >= 4 is 23.7 Å². The first-order valence-electron chi connectivity index (χ1n) is 11.5. The van der Waals surface area contributed by atoms with Gasteiger partial charge in [0.1, 0.15) is 11.8 Å². The number of fused-ring (bicyclic) bond motifs is 1. The van der Waals surface area contributed by atoms with Crippen molar-refractivity contribution in [3.05, 3.63) is 41.1 Å². The van der Waals surface area contributed by atoms with E-state index in [9.17, 15) is 4.79 Å². The van der Waals surface area contributed by atoms with E-state index in [4.69, 9.17) is 14.6 Å². The van der Waals surface area contributed by atoms with Crippen LogP contribution in [0.25, 0.3) is 0 Å². The first-order chi connectivity index (χ1) is 15.6. The zero-order valence-corrected chi connectivity index (χ0v) is 20.3. The molecule has 32 heavy (non-hydrogen) atoms. The van der Waals surface area contributed by atoms with Gasteiger partial charge >= 0.3 is 5.97 Å². The third-order valence-electron chi connectivity index (χ3n) is 5.43. The number of carbonyl (C=O) groups excluding carboxylic acids is 1. The monoisotopic (exact) mass is 458 g/mol. The zero-order valence-electron chi connectivity index (χ0n) is 19.5. The standard InChI is InChI=1S/C24H34N4O3S/c1-5-7-9-10-15-31-19-13-11-18(12-14-19)21-20(22(29)30-4)17(3)25-23-26-24(27-28(21)23)32-16-8-6-2/h11-14,21H,5-10,15-16H2,1-4H3,(H,25,26,27). The Kier molecular flexibility index (Phi) is 9.02. The van der Waals surface area contributed by atoms with Gasteiger partial charge in [0.2, 0.25) is 11.1 Å². The van der Waals surface area contributed by atoms with Gasteiger partial charge < -0.3 is 14.8 Å². The number of hydrogen-bond acceptors (Lipinski definition) is 7. The van der Waals surface area contributed by atoms with E-state index in [0.29, 0.717) is 23.3 Å². The second-order valence-electron chi connectivity index (χ2n) is 7.90. The van der Waals surface area contributed by atoms with Gasteiger partial charge in [-0.15, -0.1) is 5.10 Å². The number of ether oxygens (including phenoxy) is 2. The number of thioether (sulfide) groups is 1. The molecule has 1 atom stereocenters. The molecule has 1 aliphatic rings. The molecular formula is C24H34N4O3S. The molecule has 0 fully saturated rings. The van der Waals surface area contributed by atoms with Gasteiger partial charge in [0, 0.05) is 11.4 Å². The lowest BCUT2D eigenvalue weighted by Gasteiger charge is -2.27. The van der Waals surface area contributed by atoms with Gasteiger partial charge in [0.15, 0.2) is 0 Å². The molecule has 8 heteroatoms. The molecule has 0 saturated heterocycles. The van der Waals surface area contributed by atoms with Crippen molar-refractivity contribution in [2.45, 2.75) is 70.5 Å². The number of aromatic nitrogens is 3. The van der Waals surface area contributed by atoms with Crippen LogP contribution < -0.4 is 10.1 Å². The highest BCUT2D eigenvalue weighted by molar-refractivity contribution is 7.99. The van der Waals surface area contributed by atoms with Crippen molar-refractivity contribution in [2.75, 3.05) is 24.8 Å². The maximum Gasteiger partial charge on any atom is 0.338 e. The summed E-state index contributed by atoms with van der Waals surface area (Å²) in [6.07, 6.45) is 6.92. The summed E-state index contributed by atoms with van der Waals surface area (Å²) in [5, 5.41) is 8.64. The van der Waals surface area contributed by atoms with Crippen LogP contribution in [0, 0.1) is 0 Å². The molecule has 1 N–H and O–H groups in total. The minimum Gasteiger partial charge on any atom is -0.494 e. The molecular weight excluding hydrogens is 424 g/mol. The van der Waals surface area contributed by atoms with E-state index in [1.165, 1.54) is 26.4 Å². The summed E-state index contributed by atoms with van der Waals surface area (Å²) in [4.78, 5) is 17.3. The van der Waals surface area contributed by atoms with Crippen LogP contribution in [-0.4, -0.2) is 40.2 Å². The number of nitrogens with one attached hydrogen (secondary N) is 1. The van der Waals surface area contributed by atoms with Crippen molar-refractivity contribution in [3.8, 4) is 5.75 Å². The lowest BCUT2D eigenvalue weighted by Crippen LogP contribution is -2.29. The average molecular weight is 459 g/mol. The Morgan fingerprint density at radius 1 is 1.12 bits per heavy atom. The van der Waals surface area contributed by atoms with Crippen molar-refractivity contribution < 1.29 is 14.3 Å². The van der Waals surface area contributed by atoms with Crippen LogP contribution in [0.2, 0.25) is 0 Å². The fourth-order valence-corrected chi connectivity index (χ4v) is 4.56. The van der Waals surface area contributed by atoms with Gasteiger partial charge in [-0.1, -0.05) is 63.4 Å². The summed E-state index contributed by atoms with van der Waals surface area (Å²) in [5.41, 5.74) is 2.19. The molecule has 0 saturated carbocycles. The highest BCUT2D eigenvalue weighted by Gasteiger charge is 2.35. The third-order valence-corrected chi connectivity index (χ3v) is 6.35. The Labute approximate surface area is 195 Å². The fourth-order valence-electron chi connectivity index (χ4n) is 3.65. The van der Waals surface area contributed by atoms with Crippen LogP contribution in [0.15, 0.2) is 40.7 Å². The van der Waals surface area contributed by atoms with E-state index < -0.39 is 6.04 Å². The van der Waals surface area contributed by atoms with Crippen molar-refractivity contribution in [1.82, 2.24) is 14.8 Å². The molecule has 3 rings (SSSR count). The Morgan fingerprint density at radius 2 is 1.88 bits per heavy atom. The Bertz CT molecular complexity index is 924. The molecule has 0 bridgehead atoms. The first kappa shape index (κ1) is 24.2. The second-order valence-corrected chi connectivity index (χ2v) is 8.96. The van der Waals surface area contributed by atoms with E-state index in [1.807, 2.05) is 31.2 Å². The molecule has 0 amide bonds. The predicted molar refractivity (Wildman–Crippen MR) is 128 cm³/mol. The Balaban J connectivity index is 1.84. The number of methoxy groups -OCH3 is 1.